The average Bonchev–Trinajstić information content (AvgIpc) is 2.57. The zero-order valence-electron chi connectivity index (χ0n) is 12.1. The molecule has 0 unspecified atom stereocenters. The predicted octanol–water partition coefficient (Wildman–Crippen LogP) is 4.51. The van der Waals surface area contributed by atoms with Crippen LogP contribution in [0.3, 0.4) is 0 Å². The van der Waals surface area contributed by atoms with E-state index in [9.17, 15) is 0 Å². The van der Waals surface area contributed by atoms with Crippen molar-refractivity contribution in [2.45, 2.75) is 6.42 Å². The Balaban J connectivity index is 1.86. The zero-order valence-corrected chi connectivity index (χ0v) is 12.8. The van der Waals surface area contributed by atoms with E-state index in [0.29, 0.717) is 5.02 Å². The highest BCUT2D eigenvalue weighted by Gasteiger charge is 2.11. The van der Waals surface area contributed by atoms with Crippen LogP contribution in [0.4, 0.5) is 11.5 Å². The van der Waals surface area contributed by atoms with Gasteiger partial charge in [0.25, 0.3) is 0 Å². The van der Waals surface area contributed by atoms with Crippen LogP contribution in [0.5, 0.6) is 0 Å². The normalized spacial score (nSPS) is 10.4. The zero-order chi connectivity index (χ0) is 15.2. The summed E-state index contributed by atoms with van der Waals surface area (Å²) in [7, 11) is 0. The van der Waals surface area contributed by atoms with Crippen molar-refractivity contribution in [3.8, 4) is 0 Å². The molecule has 0 aliphatic carbocycles. The molecule has 0 fully saturated rings. The van der Waals surface area contributed by atoms with Gasteiger partial charge < -0.3 is 4.90 Å². The largest absolute Gasteiger partial charge is 0.325 e. The van der Waals surface area contributed by atoms with Crippen LogP contribution in [0.25, 0.3) is 0 Å². The molecule has 0 atom stereocenters. The minimum absolute atomic E-state index is 0.714. The fraction of sp³-hybridized carbons (Fsp3) is 0.111. The Morgan fingerprint density at radius 1 is 0.955 bits per heavy atom. The first-order valence-corrected chi connectivity index (χ1v) is 7.54. The molecule has 110 valence electrons. The third kappa shape index (κ3) is 3.62. The molecule has 0 aliphatic rings. The van der Waals surface area contributed by atoms with Crippen molar-refractivity contribution in [3.05, 3.63) is 83.8 Å². The van der Waals surface area contributed by atoms with Crippen molar-refractivity contribution >= 4 is 23.1 Å². The van der Waals surface area contributed by atoms with E-state index in [1.165, 1.54) is 5.56 Å². The quantitative estimate of drug-likeness (QED) is 0.694. The van der Waals surface area contributed by atoms with Gasteiger partial charge in [0.2, 0.25) is 0 Å². The third-order valence-corrected chi connectivity index (χ3v) is 3.65. The lowest BCUT2D eigenvalue weighted by Gasteiger charge is -2.23. The number of hydrogen-bond acceptors (Lipinski definition) is 3. The van der Waals surface area contributed by atoms with Crippen molar-refractivity contribution in [1.82, 2.24) is 9.97 Å². The van der Waals surface area contributed by atoms with Crippen LogP contribution in [-0.2, 0) is 6.42 Å². The first-order valence-electron chi connectivity index (χ1n) is 7.16. The number of aromatic nitrogens is 2. The lowest BCUT2D eigenvalue weighted by Crippen LogP contribution is -2.21. The lowest BCUT2D eigenvalue weighted by atomic mass is 10.1. The Morgan fingerprint density at radius 3 is 2.55 bits per heavy atom. The Morgan fingerprint density at radius 2 is 1.82 bits per heavy atom. The number of rotatable bonds is 5. The first kappa shape index (κ1) is 14.5. The van der Waals surface area contributed by atoms with E-state index >= 15 is 0 Å². The molecule has 22 heavy (non-hydrogen) atoms. The maximum Gasteiger partial charge on any atom is 0.151 e. The maximum absolute atomic E-state index is 6.13. The predicted molar refractivity (Wildman–Crippen MR) is 90.6 cm³/mol. The molecule has 2 aromatic carbocycles. The van der Waals surface area contributed by atoms with Gasteiger partial charge in [-0.05, 0) is 30.2 Å². The van der Waals surface area contributed by atoms with Gasteiger partial charge in [0.1, 0.15) is 0 Å². The summed E-state index contributed by atoms with van der Waals surface area (Å²) in [4.78, 5) is 10.7. The second kappa shape index (κ2) is 7.05. The molecular formula is C18H16ClN3. The van der Waals surface area contributed by atoms with Crippen LogP contribution in [0.15, 0.2) is 73.2 Å². The van der Waals surface area contributed by atoms with Gasteiger partial charge in [0.05, 0.1) is 6.20 Å². The molecule has 0 radical (unpaired) electrons. The molecule has 1 aromatic heterocycles. The van der Waals surface area contributed by atoms with Gasteiger partial charge in [-0.1, -0.05) is 48.0 Å². The van der Waals surface area contributed by atoms with Gasteiger partial charge >= 0.3 is 0 Å². The molecule has 0 saturated heterocycles. The highest BCUT2D eigenvalue weighted by atomic mass is 35.5. The van der Waals surface area contributed by atoms with Crippen molar-refractivity contribution in [2.24, 2.45) is 0 Å². The van der Waals surface area contributed by atoms with Crippen molar-refractivity contribution in [2.75, 3.05) is 11.4 Å². The fourth-order valence-electron chi connectivity index (χ4n) is 2.34. The maximum atomic E-state index is 6.13. The summed E-state index contributed by atoms with van der Waals surface area (Å²) in [6.07, 6.45) is 6.07. The molecule has 3 nitrogen and oxygen atoms in total. The molecule has 0 aliphatic heterocycles. The standard InChI is InChI=1S/C18H16ClN3/c19-16-7-4-8-17(13-16)22(18-14-20-10-11-21-18)12-9-15-5-2-1-3-6-15/h1-8,10-11,13-14H,9,12H2. The van der Waals surface area contributed by atoms with Crippen LogP contribution in [0.2, 0.25) is 5.02 Å². The molecular weight excluding hydrogens is 294 g/mol. The number of anilines is 2. The van der Waals surface area contributed by atoms with Gasteiger partial charge in [0.15, 0.2) is 5.82 Å². The van der Waals surface area contributed by atoms with Crippen LogP contribution in [-0.4, -0.2) is 16.5 Å². The van der Waals surface area contributed by atoms with Gasteiger partial charge in [0, 0.05) is 29.6 Å². The molecule has 0 bridgehead atoms. The smallest absolute Gasteiger partial charge is 0.151 e. The summed E-state index contributed by atoms with van der Waals surface area (Å²) in [5, 5.41) is 0.714. The van der Waals surface area contributed by atoms with E-state index in [1.807, 2.05) is 30.3 Å². The first-order chi connectivity index (χ1) is 10.8. The van der Waals surface area contributed by atoms with E-state index in [0.717, 1.165) is 24.5 Å². The summed E-state index contributed by atoms with van der Waals surface area (Å²) in [6.45, 7) is 0.809. The summed E-state index contributed by atoms with van der Waals surface area (Å²) in [6, 6.07) is 18.2. The molecule has 0 amide bonds. The van der Waals surface area contributed by atoms with Gasteiger partial charge in [-0.25, -0.2) is 4.98 Å². The summed E-state index contributed by atoms with van der Waals surface area (Å²) in [5.41, 5.74) is 2.31. The molecule has 0 N–H and O–H groups in total. The number of benzene rings is 2. The Kier molecular flexibility index (Phi) is 4.66. The molecule has 3 rings (SSSR count). The van der Waals surface area contributed by atoms with Gasteiger partial charge in [-0.2, -0.15) is 0 Å². The molecule has 1 heterocycles. The van der Waals surface area contributed by atoms with E-state index in [2.05, 4.69) is 39.1 Å². The molecule has 0 saturated carbocycles. The SMILES string of the molecule is Clc1cccc(N(CCc2ccccc2)c2cnccn2)c1. The fourth-order valence-corrected chi connectivity index (χ4v) is 2.52. The van der Waals surface area contributed by atoms with Crippen LogP contribution >= 0.6 is 11.6 Å². The third-order valence-electron chi connectivity index (χ3n) is 3.41. The van der Waals surface area contributed by atoms with Crippen molar-refractivity contribution in [3.63, 3.8) is 0 Å². The summed E-state index contributed by atoms with van der Waals surface area (Å²) in [5.74, 6) is 0.820. The highest BCUT2D eigenvalue weighted by Crippen LogP contribution is 2.25. The number of nitrogens with zero attached hydrogens (tertiary/aromatic N) is 3. The van der Waals surface area contributed by atoms with Crippen LogP contribution in [0, 0.1) is 0 Å². The lowest BCUT2D eigenvalue weighted by molar-refractivity contribution is 0.891. The van der Waals surface area contributed by atoms with Gasteiger partial charge in [-0.15, -0.1) is 0 Å². The van der Waals surface area contributed by atoms with E-state index in [-0.39, 0.29) is 0 Å². The van der Waals surface area contributed by atoms with Crippen molar-refractivity contribution < 1.29 is 0 Å². The van der Waals surface area contributed by atoms with E-state index < -0.39 is 0 Å². The minimum atomic E-state index is 0.714. The number of halogens is 1. The number of hydrogen-bond donors (Lipinski definition) is 0. The van der Waals surface area contributed by atoms with E-state index in [4.69, 9.17) is 11.6 Å². The monoisotopic (exact) mass is 309 g/mol. The van der Waals surface area contributed by atoms with Crippen molar-refractivity contribution in [1.29, 1.82) is 0 Å². The summed E-state index contributed by atoms with van der Waals surface area (Å²) < 4.78 is 0. The minimum Gasteiger partial charge on any atom is -0.325 e. The summed E-state index contributed by atoms with van der Waals surface area (Å²) >= 11 is 6.13. The molecule has 0 spiro atoms. The highest BCUT2D eigenvalue weighted by molar-refractivity contribution is 6.30. The Hall–Kier alpha value is -2.39. The topological polar surface area (TPSA) is 29.0 Å². The van der Waals surface area contributed by atoms with E-state index in [1.54, 1.807) is 18.6 Å². The second-order valence-electron chi connectivity index (χ2n) is 4.93. The average molecular weight is 310 g/mol. The molecule has 3 aromatic rings. The molecule has 4 heteroatoms. The Labute approximate surface area is 135 Å². The van der Waals surface area contributed by atoms with Crippen LogP contribution < -0.4 is 4.90 Å². The Bertz CT molecular complexity index is 717. The second-order valence-corrected chi connectivity index (χ2v) is 5.37. The van der Waals surface area contributed by atoms with Gasteiger partial charge in [-0.3, -0.25) is 4.98 Å². The van der Waals surface area contributed by atoms with Crippen LogP contribution in [0.1, 0.15) is 5.56 Å².